The molecule has 0 saturated carbocycles. The van der Waals surface area contributed by atoms with Crippen molar-refractivity contribution in [2.45, 2.75) is 33.7 Å². The molecular weight excluding hydrogens is 378 g/mol. The van der Waals surface area contributed by atoms with Gasteiger partial charge < -0.3 is 9.80 Å². The number of hydrogen-bond donors (Lipinski definition) is 0. The fraction of sp³-hybridized carbons (Fsp3) is 0.391. The molecule has 0 spiro atoms. The van der Waals surface area contributed by atoms with Crippen LogP contribution >= 0.6 is 0 Å². The molecule has 1 aromatic carbocycles. The normalized spacial score (nSPS) is 17.6. The lowest BCUT2D eigenvalue weighted by Gasteiger charge is -2.36. The monoisotopic (exact) mass is 405 g/mol. The van der Waals surface area contributed by atoms with Gasteiger partial charge in [-0.2, -0.15) is 0 Å². The molecule has 0 bridgehead atoms. The van der Waals surface area contributed by atoms with Crippen LogP contribution in [-0.4, -0.2) is 63.8 Å². The molecule has 7 heteroatoms. The van der Waals surface area contributed by atoms with Crippen molar-refractivity contribution < 1.29 is 9.59 Å². The second-order valence-corrected chi connectivity index (χ2v) is 8.14. The number of rotatable bonds is 4. The van der Waals surface area contributed by atoms with Gasteiger partial charge in [-0.15, -0.1) is 0 Å². The summed E-state index contributed by atoms with van der Waals surface area (Å²) >= 11 is 0. The third-order valence-corrected chi connectivity index (χ3v) is 5.69. The summed E-state index contributed by atoms with van der Waals surface area (Å²) in [6.45, 7) is 10.4. The Bertz CT molecular complexity index is 1010. The van der Waals surface area contributed by atoms with E-state index in [-0.39, 0.29) is 17.9 Å². The summed E-state index contributed by atoms with van der Waals surface area (Å²) < 4.78 is 0. The first-order chi connectivity index (χ1) is 14.4. The van der Waals surface area contributed by atoms with E-state index in [2.05, 4.69) is 25.8 Å². The van der Waals surface area contributed by atoms with Crippen LogP contribution in [0.4, 0.5) is 5.95 Å². The van der Waals surface area contributed by atoms with E-state index in [1.807, 2.05) is 39.8 Å². The number of benzene rings is 1. The molecule has 2 amide bonds. The zero-order valence-electron chi connectivity index (χ0n) is 17.9. The molecule has 2 aliphatic heterocycles. The van der Waals surface area contributed by atoms with E-state index in [1.165, 1.54) is 4.90 Å². The summed E-state index contributed by atoms with van der Waals surface area (Å²) in [4.78, 5) is 40.9. The fourth-order valence-electron chi connectivity index (χ4n) is 4.22. The highest BCUT2D eigenvalue weighted by molar-refractivity contribution is 6.35. The Morgan fingerprint density at radius 3 is 2.13 bits per heavy atom. The van der Waals surface area contributed by atoms with Crippen LogP contribution in [0.25, 0.3) is 5.57 Å². The summed E-state index contributed by atoms with van der Waals surface area (Å²) in [5, 5.41) is 0. The number of carbonyl (C=O) groups is 2. The maximum atomic E-state index is 13.3. The molecule has 4 rings (SSSR count). The Kier molecular flexibility index (Phi) is 5.28. The second-order valence-electron chi connectivity index (χ2n) is 8.14. The van der Waals surface area contributed by atoms with E-state index in [1.54, 1.807) is 18.5 Å². The number of carbonyl (C=O) groups excluding carboxylic acids is 2. The Balaban J connectivity index is 1.69. The highest BCUT2D eigenvalue weighted by Crippen LogP contribution is 2.35. The number of piperazine rings is 1. The molecular formula is C23H27N5O2. The number of amides is 2. The van der Waals surface area contributed by atoms with Gasteiger partial charge in [0.25, 0.3) is 11.8 Å². The van der Waals surface area contributed by atoms with Gasteiger partial charge in [0.15, 0.2) is 0 Å². The average Bonchev–Trinajstić information content (AvgIpc) is 2.99. The van der Waals surface area contributed by atoms with Crippen LogP contribution in [0, 0.1) is 13.8 Å². The molecule has 0 aliphatic carbocycles. The first-order valence-corrected chi connectivity index (χ1v) is 10.3. The molecule has 1 saturated heterocycles. The maximum Gasteiger partial charge on any atom is 0.278 e. The topological polar surface area (TPSA) is 69.6 Å². The van der Waals surface area contributed by atoms with Gasteiger partial charge in [-0.05, 0) is 44.9 Å². The molecule has 7 nitrogen and oxygen atoms in total. The largest absolute Gasteiger partial charge is 0.363 e. The number of imide groups is 1. The van der Waals surface area contributed by atoms with Crippen molar-refractivity contribution >= 4 is 23.3 Å². The minimum absolute atomic E-state index is 0.192. The standard InChI is InChI=1S/C23H27N5O2/c1-15(2)28-21(29)19(18-7-6-16(3)14-17(18)4)20(22(28)30)26-10-12-27(13-11-26)23-24-8-5-9-25-23/h5-9,14-15H,10-13H2,1-4H3. The van der Waals surface area contributed by atoms with Crippen molar-refractivity contribution in [3.8, 4) is 0 Å². The molecule has 1 fully saturated rings. The highest BCUT2D eigenvalue weighted by Gasteiger charge is 2.43. The van der Waals surface area contributed by atoms with Gasteiger partial charge in [0.1, 0.15) is 5.70 Å². The molecule has 2 aromatic rings. The molecule has 3 heterocycles. The molecule has 0 atom stereocenters. The highest BCUT2D eigenvalue weighted by atomic mass is 16.2. The van der Waals surface area contributed by atoms with Crippen molar-refractivity contribution in [3.63, 3.8) is 0 Å². The summed E-state index contributed by atoms with van der Waals surface area (Å²) in [5.41, 5.74) is 4.02. The van der Waals surface area contributed by atoms with E-state index >= 15 is 0 Å². The van der Waals surface area contributed by atoms with Crippen LogP contribution in [0.2, 0.25) is 0 Å². The molecule has 2 aliphatic rings. The van der Waals surface area contributed by atoms with Gasteiger partial charge in [0.05, 0.1) is 5.57 Å². The number of nitrogens with zero attached hydrogens (tertiary/aromatic N) is 5. The van der Waals surface area contributed by atoms with Gasteiger partial charge in [-0.1, -0.05) is 23.8 Å². The van der Waals surface area contributed by atoms with Crippen LogP contribution in [0.5, 0.6) is 0 Å². The lowest BCUT2D eigenvalue weighted by atomic mass is 9.97. The van der Waals surface area contributed by atoms with Crippen LogP contribution in [0.15, 0.2) is 42.4 Å². The van der Waals surface area contributed by atoms with Crippen LogP contribution in [0.3, 0.4) is 0 Å². The fourth-order valence-corrected chi connectivity index (χ4v) is 4.22. The van der Waals surface area contributed by atoms with Crippen molar-refractivity contribution in [1.82, 2.24) is 19.8 Å². The first kappa shape index (κ1) is 20.1. The van der Waals surface area contributed by atoms with Crippen molar-refractivity contribution in [2.24, 2.45) is 0 Å². The summed E-state index contributed by atoms with van der Waals surface area (Å²) in [5.74, 6) is 0.290. The molecule has 30 heavy (non-hydrogen) atoms. The van der Waals surface area contributed by atoms with E-state index in [0.717, 1.165) is 16.7 Å². The zero-order valence-corrected chi connectivity index (χ0v) is 17.9. The lowest BCUT2D eigenvalue weighted by molar-refractivity contribution is -0.139. The summed E-state index contributed by atoms with van der Waals surface area (Å²) in [6.07, 6.45) is 3.46. The average molecular weight is 406 g/mol. The minimum atomic E-state index is -0.203. The van der Waals surface area contributed by atoms with Crippen LogP contribution in [0.1, 0.15) is 30.5 Å². The van der Waals surface area contributed by atoms with Crippen molar-refractivity contribution in [3.05, 3.63) is 59.0 Å². The van der Waals surface area contributed by atoms with Gasteiger partial charge in [0, 0.05) is 44.6 Å². The Hall–Kier alpha value is -3.22. The Labute approximate surface area is 177 Å². The number of aromatic nitrogens is 2. The SMILES string of the molecule is Cc1ccc(C2=C(N3CCN(c4ncccn4)CC3)C(=O)N(C(C)C)C2=O)c(C)c1. The van der Waals surface area contributed by atoms with Gasteiger partial charge in [0.2, 0.25) is 5.95 Å². The van der Waals surface area contributed by atoms with Crippen molar-refractivity contribution in [1.29, 1.82) is 0 Å². The maximum absolute atomic E-state index is 13.3. The van der Waals surface area contributed by atoms with Gasteiger partial charge in [-0.3, -0.25) is 14.5 Å². The summed E-state index contributed by atoms with van der Waals surface area (Å²) in [6, 6.07) is 7.61. The third-order valence-electron chi connectivity index (χ3n) is 5.69. The Morgan fingerprint density at radius 2 is 1.53 bits per heavy atom. The molecule has 0 N–H and O–H groups in total. The van der Waals surface area contributed by atoms with Crippen LogP contribution in [-0.2, 0) is 9.59 Å². The van der Waals surface area contributed by atoms with Crippen molar-refractivity contribution in [2.75, 3.05) is 31.1 Å². The van der Waals surface area contributed by atoms with E-state index in [9.17, 15) is 9.59 Å². The predicted octanol–water partition coefficient (Wildman–Crippen LogP) is 2.40. The van der Waals surface area contributed by atoms with Crippen LogP contribution < -0.4 is 4.90 Å². The van der Waals surface area contributed by atoms with E-state index in [0.29, 0.717) is 43.4 Å². The van der Waals surface area contributed by atoms with Gasteiger partial charge in [-0.25, -0.2) is 9.97 Å². The second kappa shape index (κ2) is 7.89. The predicted molar refractivity (Wildman–Crippen MR) is 116 cm³/mol. The number of hydrogen-bond acceptors (Lipinski definition) is 6. The first-order valence-electron chi connectivity index (χ1n) is 10.3. The quantitative estimate of drug-likeness (QED) is 0.728. The van der Waals surface area contributed by atoms with Gasteiger partial charge >= 0.3 is 0 Å². The minimum Gasteiger partial charge on any atom is -0.363 e. The smallest absolute Gasteiger partial charge is 0.278 e. The number of anilines is 1. The lowest BCUT2D eigenvalue weighted by Crippen LogP contribution is -2.48. The Morgan fingerprint density at radius 1 is 0.900 bits per heavy atom. The molecule has 0 radical (unpaired) electrons. The summed E-state index contributed by atoms with van der Waals surface area (Å²) in [7, 11) is 0. The number of aryl methyl sites for hydroxylation is 2. The molecule has 156 valence electrons. The van der Waals surface area contributed by atoms with E-state index < -0.39 is 0 Å². The third kappa shape index (κ3) is 3.44. The zero-order chi connectivity index (χ0) is 21.4. The van der Waals surface area contributed by atoms with E-state index in [4.69, 9.17) is 0 Å². The molecule has 0 unspecified atom stereocenters. The molecule has 1 aromatic heterocycles.